The second kappa shape index (κ2) is 6.91. The Morgan fingerprint density at radius 1 is 1.21 bits per heavy atom. The van der Waals surface area contributed by atoms with Crippen molar-refractivity contribution in [1.82, 2.24) is 19.5 Å². The van der Waals surface area contributed by atoms with Gasteiger partial charge in [0, 0.05) is 18.0 Å². The molecule has 0 aliphatic heterocycles. The Labute approximate surface area is 139 Å². The molecule has 3 aromatic rings. The quantitative estimate of drug-likeness (QED) is 0.778. The van der Waals surface area contributed by atoms with Crippen LogP contribution in [0.25, 0.3) is 5.95 Å². The van der Waals surface area contributed by atoms with Crippen molar-refractivity contribution in [3.8, 4) is 11.7 Å². The van der Waals surface area contributed by atoms with Gasteiger partial charge in [0.1, 0.15) is 11.6 Å². The average Bonchev–Trinajstić information content (AvgIpc) is 3.02. The van der Waals surface area contributed by atoms with Crippen LogP contribution in [0.4, 0.5) is 5.69 Å². The van der Waals surface area contributed by atoms with Crippen LogP contribution in [0.5, 0.6) is 5.75 Å². The predicted octanol–water partition coefficient (Wildman–Crippen LogP) is 2.16. The molecule has 7 heteroatoms. The van der Waals surface area contributed by atoms with E-state index in [2.05, 4.69) is 20.3 Å². The largest absolute Gasteiger partial charge is 0.496 e. The molecule has 0 saturated carbocycles. The Balaban J connectivity index is 1.68. The average molecular weight is 323 g/mol. The van der Waals surface area contributed by atoms with Gasteiger partial charge >= 0.3 is 0 Å². The first-order valence-electron chi connectivity index (χ1n) is 7.41. The van der Waals surface area contributed by atoms with Crippen molar-refractivity contribution >= 4 is 11.6 Å². The number of aromatic nitrogens is 4. The SMILES string of the molecule is COc1ccccc1CC(=O)Nc1cnc(-n2ccnc2C)nc1. The highest BCUT2D eigenvalue weighted by Crippen LogP contribution is 2.18. The summed E-state index contributed by atoms with van der Waals surface area (Å²) < 4.78 is 7.02. The van der Waals surface area contributed by atoms with E-state index >= 15 is 0 Å². The normalized spacial score (nSPS) is 10.4. The lowest BCUT2D eigenvalue weighted by atomic mass is 10.1. The molecule has 1 N–H and O–H groups in total. The Morgan fingerprint density at radius 2 is 1.96 bits per heavy atom. The number of nitrogens with one attached hydrogen (secondary N) is 1. The first-order valence-corrected chi connectivity index (χ1v) is 7.41. The molecule has 0 saturated heterocycles. The summed E-state index contributed by atoms with van der Waals surface area (Å²) in [5.74, 6) is 1.83. The summed E-state index contributed by atoms with van der Waals surface area (Å²) in [5, 5.41) is 2.78. The molecular weight excluding hydrogens is 306 g/mol. The molecule has 0 aliphatic rings. The molecule has 1 aromatic carbocycles. The minimum atomic E-state index is -0.158. The fourth-order valence-corrected chi connectivity index (χ4v) is 2.33. The molecule has 0 unspecified atom stereocenters. The number of rotatable bonds is 5. The number of ether oxygens (including phenoxy) is 1. The Hall–Kier alpha value is -3.22. The van der Waals surface area contributed by atoms with Gasteiger partial charge in [-0.3, -0.25) is 9.36 Å². The number of nitrogens with zero attached hydrogens (tertiary/aromatic N) is 4. The summed E-state index contributed by atoms with van der Waals surface area (Å²) in [4.78, 5) is 24.8. The van der Waals surface area contributed by atoms with Gasteiger partial charge in [0.05, 0.1) is 31.6 Å². The molecule has 122 valence electrons. The minimum absolute atomic E-state index is 0.158. The third kappa shape index (κ3) is 3.40. The molecular formula is C17H17N5O2. The van der Waals surface area contributed by atoms with Gasteiger partial charge in [0.15, 0.2) is 0 Å². The van der Waals surface area contributed by atoms with Gasteiger partial charge < -0.3 is 10.1 Å². The Morgan fingerprint density at radius 3 is 2.62 bits per heavy atom. The molecule has 0 spiro atoms. The van der Waals surface area contributed by atoms with E-state index in [9.17, 15) is 4.79 Å². The summed E-state index contributed by atoms with van der Waals surface area (Å²) >= 11 is 0. The van der Waals surface area contributed by atoms with Crippen molar-refractivity contribution in [2.45, 2.75) is 13.3 Å². The monoisotopic (exact) mass is 323 g/mol. The lowest BCUT2D eigenvalue weighted by molar-refractivity contribution is -0.115. The molecule has 1 amide bonds. The summed E-state index contributed by atoms with van der Waals surface area (Å²) in [7, 11) is 1.58. The molecule has 0 atom stereocenters. The van der Waals surface area contributed by atoms with Gasteiger partial charge in [-0.1, -0.05) is 18.2 Å². The standard InChI is InChI=1S/C17H17N5O2/c1-12-18-7-8-22(12)17-19-10-14(11-20-17)21-16(23)9-13-5-3-4-6-15(13)24-2/h3-8,10-11H,9H2,1-2H3,(H,21,23). The summed E-state index contributed by atoms with van der Waals surface area (Å²) in [6, 6.07) is 7.43. The number of amides is 1. The molecule has 0 aliphatic carbocycles. The van der Waals surface area contributed by atoms with Gasteiger partial charge in [-0.2, -0.15) is 0 Å². The van der Waals surface area contributed by atoms with E-state index in [1.807, 2.05) is 31.2 Å². The van der Waals surface area contributed by atoms with Crippen molar-refractivity contribution in [1.29, 1.82) is 0 Å². The number of imidazole rings is 1. The summed E-state index contributed by atoms with van der Waals surface area (Å²) in [6.07, 6.45) is 6.82. The number of carbonyl (C=O) groups is 1. The summed E-state index contributed by atoms with van der Waals surface area (Å²) in [5.41, 5.74) is 1.36. The molecule has 3 rings (SSSR count). The van der Waals surface area contributed by atoms with Crippen molar-refractivity contribution in [3.05, 3.63) is 60.4 Å². The maximum Gasteiger partial charge on any atom is 0.235 e. The van der Waals surface area contributed by atoms with E-state index in [0.717, 1.165) is 11.4 Å². The van der Waals surface area contributed by atoms with Gasteiger partial charge in [0.25, 0.3) is 0 Å². The van der Waals surface area contributed by atoms with Crippen molar-refractivity contribution in [2.75, 3.05) is 12.4 Å². The highest BCUT2D eigenvalue weighted by atomic mass is 16.5. The molecule has 7 nitrogen and oxygen atoms in total. The number of hydrogen-bond acceptors (Lipinski definition) is 5. The highest BCUT2D eigenvalue weighted by molar-refractivity contribution is 5.92. The third-order valence-corrected chi connectivity index (χ3v) is 3.51. The molecule has 0 fully saturated rings. The van der Waals surface area contributed by atoms with Crippen molar-refractivity contribution in [3.63, 3.8) is 0 Å². The number of benzene rings is 1. The zero-order valence-electron chi connectivity index (χ0n) is 13.4. The second-order valence-corrected chi connectivity index (χ2v) is 5.15. The Bertz CT molecular complexity index is 842. The maximum absolute atomic E-state index is 12.2. The fourth-order valence-electron chi connectivity index (χ4n) is 2.33. The number of anilines is 1. The summed E-state index contributed by atoms with van der Waals surface area (Å²) in [6.45, 7) is 1.87. The third-order valence-electron chi connectivity index (χ3n) is 3.51. The van der Waals surface area contributed by atoms with Crippen molar-refractivity contribution < 1.29 is 9.53 Å². The van der Waals surface area contributed by atoms with Gasteiger partial charge in [-0.05, 0) is 13.0 Å². The van der Waals surface area contributed by atoms with E-state index in [4.69, 9.17) is 4.74 Å². The van der Waals surface area contributed by atoms with Crippen LogP contribution in [0.15, 0.2) is 49.1 Å². The highest BCUT2D eigenvalue weighted by Gasteiger charge is 2.09. The van der Waals surface area contributed by atoms with E-state index < -0.39 is 0 Å². The van der Waals surface area contributed by atoms with E-state index in [-0.39, 0.29) is 12.3 Å². The van der Waals surface area contributed by atoms with Crippen LogP contribution < -0.4 is 10.1 Å². The van der Waals surface area contributed by atoms with Crippen LogP contribution in [0, 0.1) is 6.92 Å². The van der Waals surface area contributed by atoms with Crippen LogP contribution >= 0.6 is 0 Å². The number of para-hydroxylation sites is 1. The topological polar surface area (TPSA) is 81.9 Å². The van der Waals surface area contributed by atoms with Gasteiger partial charge in [-0.25, -0.2) is 15.0 Å². The molecule has 0 bridgehead atoms. The molecule has 2 aromatic heterocycles. The molecule has 24 heavy (non-hydrogen) atoms. The minimum Gasteiger partial charge on any atom is -0.496 e. The second-order valence-electron chi connectivity index (χ2n) is 5.15. The Kier molecular flexibility index (Phi) is 4.51. The lowest BCUT2D eigenvalue weighted by Crippen LogP contribution is -2.15. The number of carbonyl (C=O) groups excluding carboxylic acids is 1. The predicted molar refractivity (Wildman–Crippen MR) is 89.2 cm³/mol. The molecule has 2 heterocycles. The maximum atomic E-state index is 12.2. The van der Waals surface area contributed by atoms with Crippen LogP contribution in [-0.2, 0) is 11.2 Å². The van der Waals surface area contributed by atoms with Gasteiger partial charge in [0.2, 0.25) is 11.9 Å². The first-order chi connectivity index (χ1) is 11.7. The van der Waals surface area contributed by atoms with Crippen LogP contribution in [-0.4, -0.2) is 32.5 Å². The van der Waals surface area contributed by atoms with E-state index in [1.54, 1.807) is 36.5 Å². The smallest absolute Gasteiger partial charge is 0.235 e. The lowest BCUT2D eigenvalue weighted by Gasteiger charge is -2.09. The first kappa shape index (κ1) is 15.7. The zero-order chi connectivity index (χ0) is 16.9. The molecule has 0 radical (unpaired) electrons. The zero-order valence-corrected chi connectivity index (χ0v) is 13.4. The van der Waals surface area contributed by atoms with Crippen LogP contribution in [0.1, 0.15) is 11.4 Å². The van der Waals surface area contributed by atoms with Crippen LogP contribution in [0.3, 0.4) is 0 Å². The van der Waals surface area contributed by atoms with Crippen LogP contribution in [0.2, 0.25) is 0 Å². The van der Waals surface area contributed by atoms with E-state index in [1.165, 1.54) is 0 Å². The fraction of sp³-hybridized carbons (Fsp3) is 0.176. The van der Waals surface area contributed by atoms with Crippen molar-refractivity contribution in [2.24, 2.45) is 0 Å². The number of methoxy groups -OCH3 is 1. The van der Waals surface area contributed by atoms with Gasteiger partial charge in [-0.15, -0.1) is 0 Å². The number of hydrogen-bond donors (Lipinski definition) is 1. The van der Waals surface area contributed by atoms with E-state index in [0.29, 0.717) is 17.4 Å². The number of aryl methyl sites for hydroxylation is 1.